The molecule has 3 N–H and O–H groups in total. The van der Waals surface area contributed by atoms with Gasteiger partial charge < -0.3 is 20.3 Å². The SMILES string of the molecule is CO[C@H]1CC[C@H](Nc2ncc3c(N)ncc(-c4cnoc4)c3n2)CC1. The van der Waals surface area contributed by atoms with Gasteiger partial charge in [0.2, 0.25) is 5.95 Å². The van der Waals surface area contributed by atoms with Crippen LogP contribution in [0.2, 0.25) is 0 Å². The van der Waals surface area contributed by atoms with Crippen LogP contribution in [-0.2, 0) is 4.74 Å². The van der Waals surface area contributed by atoms with Gasteiger partial charge in [-0.1, -0.05) is 5.16 Å². The number of nitrogens with zero attached hydrogens (tertiary/aromatic N) is 4. The summed E-state index contributed by atoms with van der Waals surface area (Å²) in [5, 5.41) is 7.90. The fourth-order valence-corrected chi connectivity index (χ4v) is 3.28. The van der Waals surface area contributed by atoms with Gasteiger partial charge in [-0.3, -0.25) is 0 Å². The number of nitrogens with one attached hydrogen (secondary N) is 1. The molecule has 0 bridgehead atoms. The fourth-order valence-electron chi connectivity index (χ4n) is 3.28. The number of rotatable bonds is 4. The molecule has 0 radical (unpaired) electrons. The van der Waals surface area contributed by atoms with E-state index in [2.05, 4.69) is 25.4 Å². The Labute approximate surface area is 144 Å². The highest BCUT2D eigenvalue weighted by Gasteiger charge is 2.21. The second-order valence-corrected chi connectivity index (χ2v) is 6.28. The second-order valence-electron chi connectivity index (χ2n) is 6.28. The lowest BCUT2D eigenvalue weighted by molar-refractivity contribution is 0.0681. The first-order valence-electron chi connectivity index (χ1n) is 8.35. The van der Waals surface area contributed by atoms with Crippen LogP contribution >= 0.6 is 0 Å². The van der Waals surface area contributed by atoms with Crippen LogP contribution in [-0.4, -0.2) is 39.4 Å². The van der Waals surface area contributed by atoms with E-state index in [1.165, 1.54) is 0 Å². The van der Waals surface area contributed by atoms with Gasteiger partial charge in [0.05, 0.1) is 23.2 Å². The van der Waals surface area contributed by atoms with E-state index in [1.807, 2.05) is 0 Å². The van der Waals surface area contributed by atoms with E-state index >= 15 is 0 Å². The van der Waals surface area contributed by atoms with Crippen molar-refractivity contribution in [2.24, 2.45) is 0 Å². The summed E-state index contributed by atoms with van der Waals surface area (Å²) in [7, 11) is 1.77. The molecule has 0 spiro atoms. The van der Waals surface area contributed by atoms with Gasteiger partial charge in [-0.2, -0.15) is 0 Å². The summed E-state index contributed by atoms with van der Waals surface area (Å²) in [6.07, 6.45) is 11.1. The van der Waals surface area contributed by atoms with Crippen molar-refractivity contribution in [3.8, 4) is 11.1 Å². The number of hydrogen-bond acceptors (Lipinski definition) is 8. The minimum atomic E-state index is 0.349. The quantitative estimate of drug-likeness (QED) is 0.745. The number of hydrogen-bond donors (Lipinski definition) is 2. The Morgan fingerprint density at radius 1 is 1.16 bits per heavy atom. The molecular formula is C17H20N6O2. The van der Waals surface area contributed by atoms with Crippen molar-refractivity contribution in [3.05, 3.63) is 24.9 Å². The number of pyridine rings is 1. The van der Waals surface area contributed by atoms with E-state index in [0.29, 0.717) is 29.3 Å². The summed E-state index contributed by atoms with van der Waals surface area (Å²) in [6, 6.07) is 0.349. The van der Waals surface area contributed by atoms with Crippen LogP contribution in [0.5, 0.6) is 0 Å². The maximum absolute atomic E-state index is 5.98. The van der Waals surface area contributed by atoms with Crippen molar-refractivity contribution in [1.29, 1.82) is 0 Å². The molecule has 4 rings (SSSR count). The zero-order chi connectivity index (χ0) is 17.2. The van der Waals surface area contributed by atoms with Gasteiger partial charge >= 0.3 is 0 Å². The third-order valence-electron chi connectivity index (χ3n) is 4.74. The zero-order valence-corrected chi connectivity index (χ0v) is 14.0. The van der Waals surface area contributed by atoms with Crippen molar-refractivity contribution in [2.75, 3.05) is 18.2 Å². The molecule has 1 aliphatic rings. The molecule has 3 aromatic rings. The number of nitrogens with two attached hydrogens (primary N) is 1. The molecule has 0 aliphatic heterocycles. The van der Waals surface area contributed by atoms with Gasteiger partial charge in [0.1, 0.15) is 12.1 Å². The van der Waals surface area contributed by atoms with E-state index in [9.17, 15) is 0 Å². The average molecular weight is 340 g/mol. The lowest BCUT2D eigenvalue weighted by atomic mass is 9.93. The molecule has 1 fully saturated rings. The van der Waals surface area contributed by atoms with Crippen LogP contribution in [0.1, 0.15) is 25.7 Å². The molecule has 0 atom stereocenters. The monoisotopic (exact) mass is 340 g/mol. The molecule has 0 aromatic carbocycles. The van der Waals surface area contributed by atoms with Gasteiger partial charge in [-0.05, 0) is 25.7 Å². The first-order valence-corrected chi connectivity index (χ1v) is 8.35. The van der Waals surface area contributed by atoms with Crippen LogP contribution in [0.15, 0.2) is 29.4 Å². The number of ether oxygens (including phenoxy) is 1. The van der Waals surface area contributed by atoms with Crippen LogP contribution in [0.4, 0.5) is 11.8 Å². The highest BCUT2D eigenvalue weighted by atomic mass is 16.5. The van der Waals surface area contributed by atoms with E-state index in [0.717, 1.165) is 42.3 Å². The van der Waals surface area contributed by atoms with Gasteiger partial charge in [0.15, 0.2) is 0 Å². The van der Waals surface area contributed by atoms with Crippen LogP contribution in [0.3, 0.4) is 0 Å². The molecule has 0 saturated heterocycles. The third kappa shape index (κ3) is 3.12. The average Bonchev–Trinajstić information content (AvgIpc) is 3.17. The van der Waals surface area contributed by atoms with Gasteiger partial charge in [0.25, 0.3) is 0 Å². The fraction of sp³-hybridized carbons (Fsp3) is 0.412. The van der Waals surface area contributed by atoms with Crippen molar-refractivity contribution in [2.45, 2.75) is 37.8 Å². The van der Waals surface area contributed by atoms with Crippen LogP contribution < -0.4 is 11.1 Å². The normalized spacial score (nSPS) is 20.7. The Hall–Kier alpha value is -2.74. The van der Waals surface area contributed by atoms with E-state index < -0.39 is 0 Å². The lowest BCUT2D eigenvalue weighted by Gasteiger charge is -2.28. The van der Waals surface area contributed by atoms with Crippen LogP contribution in [0.25, 0.3) is 22.0 Å². The van der Waals surface area contributed by atoms with E-state index in [-0.39, 0.29) is 0 Å². The Morgan fingerprint density at radius 2 is 2.00 bits per heavy atom. The Balaban J connectivity index is 1.64. The molecule has 0 amide bonds. The molecule has 130 valence electrons. The highest BCUT2D eigenvalue weighted by Crippen LogP contribution is 2.30. The van der Waals surface area contributed by atoms with Gasteiger partial charge in [0, 0.05) is 36.7 Å². The summed E-state index contributed by atoms with van der Waals surface area (Å²) in [4.78, 5) is 13.3. The minimum Gasteiger partial charge on any atom is -0.383 e. The van der Waals surface area contributed by atoms with Gasteiger partial charge in [-0.15, -0.1) is 0 Å². The summed E-state index contributed by atoms with van der Waals surface area (Å²) in [5.74, 6) is 0.999. The minimum absolute atomic E-state index is 0.349. The number of methoxy groups -OCH3 is 1. The summed E-state index contributed by atoms with van der Waals surface area (Å²) < 4.78 is 10.4. The van der Waals surface area contributed by atoms with Gasteiger partial charge in [-0.25, -0.2) is 15.0 Å². The van der Waals surface area contributed by atoms with E-state index in [4.69, 9.17) is 15.0 Å². The zero-order valence-electron chi connectivity index (χ0n) is 14.0. The number of aromatic nitrogens is 4. The Kier molecular flexibility index (Phi) is 4.19. The maximum Gasteiger partial charge on any atom is 0.223 e. The number of fused-ring (bicyclic) bond motifs is 1. The molecule has 3 heterocycles. The summed E-state index contributed by atoms with van der Waals surface area (Å²) in [6.45, 7) is 0. The van der Waals surface area contributed by atoms with Crippen molar-refractivity contribution in [1.82, 2.24) is 20.1 Å². The molecule has 8 nitrogen and oxygen atoms in total. The van der Waals surface area contributed by atoms with E-state index in [1.54, 1.807) is 32.0 Å². The third-order valence-corrected chi connectivity index (χ3v) is 4.74. The molecule has 1 saturated carbocycles. The smallest absolute Gasteiger partial charge is 0.223 e. The number of anilines is 2. The molecule has 3 aromatic heterocycles. The maximum atomic E-state index is 5.98. The Morgan fingerprint density at radius 3 is 2.72 bits per heavy atom. The van der Waals surface area contributed by atoms with Crippen molar-refractivity contribution < 1.29 is 9.26 Å². The second kappa shape index (κ2) is 6.64. The predicted molar refractivity (Wildman–Crippen MR) is 93.9 cm³/mol. The number of nitrogen functional groups attached to an aromatic ring is 1. The lowest BCUT2D eigenvalue weighted by Crippen LogP contribution is -2.29. The molecule has 1 aliphatic carbocycles. The summed E-state index contributed by atoms with van der Waals surface area (Å²) in [5.41, 5.74) is 8.34. The van der Waals surface area contributed by atoms with Crippen molar-refractivity contribution in [3.63, 3.8) is 0 Å². The summed E-state index contributed by atoms with van der Waals surface area (Å²) >= 11 is 0. The molecule has 8 heteroatoms. The largest absolute Gasteiger partial charge is 0.383 e. The Bertz CT molecular complexity index is 859. The first-order chi connectivity index (χ1) is 12.2. The first kappa shape index (κ1) is 15.8. The molecule has 0 unspecified atom stereocenters. The molecule has 25 heavy (non-hydrogen) atoms. The van der Waals surface area contributed by atoms with Crippen molar-refractivity contribution >= 4 is 22.7 Å². The molecular weight excluding hydrogens is 320 g/mol. The standard InChI is InChI=1S/C17H20N6O2/c1-24-12-4-2-11(3-5-12)22-17-20-8-14-15(23-17)13(7-19-16(14)18)10-6-21-25-9-10/h6-9,11-12H,2-5H2,1H3,(H2,18,19)(H,20,22,23)/t11-,12-. The topological polar surface area (TPSA) is 112 Å². The predicted octanol–water partition coefficient (Wildman–Crippen LogP) is 2.63. The van der Waals surface area contributed by atoms with Crippen LogP contribution in [0, 0.1) is 0 Å². The highest BCUT2D eigenvalue weighted by molar-refractivity contribution is 5.98.